The standard InChI is InChI=1S/C12H16ClNO2S/c1-9(13)8-10-4-2-3-5-12(10)17(15,16)14-11-6-7-11/h2-5,9,11,14H,6-8H2,1H3. The summed E-state index contributed by atoms with van der Waals surface area (Å²) in [6.45, 7) is 1.86. The van der Waals surface area contributed by atoms with Gasteiger partial charge in [-0.2, -0.15) is 0 Å². The summed E-state index contributed by atoms with van der Waals surface area (Å²) in [5.74, 6) is 0. The van der Waals surface area contributed by atoms with Gasteiger partial charge in [0.25, 0.3) is 0 Å². The molecule has 1 N–H and O–H groups in total. The monoisotopic (exact) mass is 273 g/mol. The number of benzene rings is 1. The maximum absolute atomic E-state index is 12.1. The van der Waals surface area contributed by atoms with E-state index < -0.39 is 10.0 Å². The van der Waals surface area contributed by atoms with Crippen LogP contribution in [0.2, 0.25) is 0 Å². The minimum absolute atomic E-state index is 0.0766. The van der Waals surface area contributed by atoms with Gasteiger partial charge in [0.2, 0.25) is 10.0 Å². The lowest BCUT2D eigenvalue weighted by Gasteiger charge is -2.11. The van der Waals surface area contributed by atoms with Crippen LogP contribution in [0.5, 0.6) is 0 Å². The van der Waals surface area contributed by atoms with Gasteiger partial charge in [-0.05, 0) is 37.8 Å². The first-order valence-corrected chi connectivity index (χ1v) is 7.65. The van der Waals surface area contributed by atoms with Gasteiger partial charge in [0.15, 0.2) is 0 Å². The maximum Gasteiger partial charge on any atom is 0.241 e. The molecule has 3 nitrogen and oxygen atoms in total. The lowest BCUT2D eigenvalue weighted by atomic mass is 10.1. The summed E-state index contributed by atoms with van der Waals surface area (Å²) in [5, 5.41) is -0.0766. The number of hydrogen-bond donors (Lipinski definition) is 1. The highest BCUT2D eigenvalue weighted by molar-refractivity contribution is 7.89. The molecular formula is C12H16ClNO2S. The molecular weight excluding hydrogens is 258 g/mol. The Hall–Kier alpha value is -0.580. The van der Waals surface area contributed by atoms with Crippen molar-refractivity contribution in [3.8, 4) is 0 Å². The van der Waals surface area contributed by atoms with Crippen LogP contribution in [0, 0.1) is 0 Å². The van der Waals surface area contributed by atoms with Gasteiger partial charge >= 0.3 is 0 Å². The molecule has 0 amide bonds. The first-order chi connectivity index (χ1) is 7.99. The van der Waals surface area contributed by atoms with Crippen molar-refractivity contribution in [3.63, 3.8) is 0 Å². The minimum atomic E-state index is -3.38. The molecule has 94 valence electrons. The smallest absolute Gasteiger partial charge is 0.208 e. The van der Waals surface area contributed by atoms with Gasteiger partial charge in [-0.3, -0.25) is 0 Å². The van der Waals surface area contributed by atoms with E-state index in [0.29, 0.717) is 11.3 Å². The topological polar surface area (TPSA) is 46.2 Å². The largest absolute Gasteiger partial charge is 0.241 e. The average molecular weight is 274 g/mol. The highest BCUT2D eigenvalue weighted by Gasteiger charge is 2.29. The van der Waals surface area contributed by atoms with E-state index in [4.69, 9.17) is 11.6 Å². The molecule has 1 saturated carbocycles. The number of hydrogen-bond acceptors (Lipinski definition) is 2. The molecule has 1 aromatic carbocycles. The van der Waals surface area contributed by atoms with Gasteiger partial charge < -0.3 is 0 Å². The zero-order valence-electron chi connectivity index (χ0n) is 9.69. The van der Waals surface area contributed by atoms with Gasteiger partial charge in [-0.15, -0.1) is 11.6 Å². The van der Waals surface area contributed by atoms with Crippen molar-refractivity contribution in [1.82, 2.24) is 4.72 Å². The van der Waals surface area contributed by atoms with Crippen LogP contribution < -0.4 is 4.72 Å². The molecule has 0 aliphatic heterocycles. The van der Waals surface area contributed by atoms with Crippen molar-refractivity contribution < 1.29 is 8.42 Å². The van der Waals surface area contributed by atoms with Gasteiger partial charge in [-0.1, -0.05) is 18.2 Å². The van der Waals surface area contributed by atoms with Gasteiger partial charge in [0.05, 0.1) is 4.90 Å². The number of alkyl halides is 1. The van der Waals surface area contributed by atoms with Crippen LogP contribution in [-0.2, 0) is 16.4 Å². The zero-order chi connectivity index (χ0) is 12.5. The van der Waals surface area contributed by atoms with Gasteiger partial charge in [-0.25, -0.2) is 13.1 Å². The molecule has 1 unspecified atom stereocenters. The Labute approximate surface area is 107 Å². The Kier molecular flexibility index (Phi) is 3.76. The summed E-state index contributed by atoms with van der Waals surface area (Å²) in [4.78, 5) is 0.361. The van der Waals surface area contributed by atoms with Crippen molar-refractivity contribution in [2.75, 3.05) is 0 Å². The van der Waals surface area contributed by atoms with Crippen LogP contribution >= 0.6 is 11.6 Å². The molecule has 0 radical (unpaired) electrons. The molecule has 0 spiro atoms. The Morgan fingerprint density at radius 3 is 2.65 bits per heavy atom. The predicted octanol–water partition coefficient (Wildman–Crippen LogP) is 2.30. The third kappa shape index (κ3) is 3.44. The van der Waals surface area contributed by atoms with Crippen molar-refractivity contribution in [3.05, 3.63) is 29.8 Å². The van der Waals surface area contributed by atoms with Crippen molar-refractivity contribution >= 4 is 21.6 Å². The zero-order valence-corrected chi connectivity index (χ0v) is 11.3. The van der Waals surface area contributed by atoms with E-state index in [1.54, 1.807) is 12.1 Å². The van der Waals surface area contributed by atoms with E-state index in [9.17, 15) is 8.42 Å². The molecule has 0 saturated heterocycles. The van der Waals surface area contributed by atoms with E-state index >= 15 is 0 Å². The second kappa shape index (κ2) is 4.96. The number of rotatable bonds is 5. The summed E-state index contributed by atoms with van der Waals surface area (Å²) >= 11 is 5.94. The quantitative estimate of drug-likeness (QED) is 0.837. The molecule has 17 heavy (non-hydrogen) atoms. The van der Waals surface area contributed by atoms with E-state index in [0.717, 1.165) is 18.4 Å². The lowest BCUT2D eigenvalue weighted by molar-refractivity contribution is 0.579. The predicted molar refractivity (Wildman–Crippen MR) is 68.8 cm³/mol. The van der Waals surface area contributed by atoms with Crippen molar-refractivity contribution in [2.45, 2.75) is 42.5 Å². The third-order valence-corrected chi connectivity index (χ3v) is 4.44. The molecule has 0 aromatic heterocycles. The van der Waals surface area contributed by atoms with Crippen LogP contribution in [0.4, 0.5) is 0 Å². The fraction of sp³-hybridized carbons (Fsp3) is 0.500. The number of halogens is 1. The fourth-order valence-electron chi connectivity index (χ4n) is 1.72. The average Bonchev–Trinajstić information content (AvgIpc) is 3.00. The first-order valence-electron chi connectivity index (χ1n) is 5.73. The molecule has 1 aliphatic carbocycles. The summed E-state index contributed by atoms with van der Waals surface area (Å²) in [6.07, 6.45) is 2.43. The van der Waals surface area contributed by atoms with Crippen LogP contribution in [-0.4, -0.2) is 19.8 Å². The summed E-state index contributed by atoms with van der Waals surface area (Å²) in [5.41, 5.74) is 0.781. The molecule has 0 heterocycles. The van der Waals surface area contributed by atoms with Crippen LogP contribution in [0.3, 0.4) is 0 Å². The highest BCUT2D eigenvalue weighted by atomic mass is 35.5. The SMILES string of the molecule is CC(Cl)Cc1ccccc1S(=O)(=O)NC1CC1. The van der Waals surface area contributed by atoms with Crippen molar-refractivity contribution in [1.29, 1.82) is 0 Å². The number of sulfonamides is 1. The van der Waals surface area contributed by atoms with E-state index in [1.165, 1.54) is 0 Å². The Balaban J connectivity index is 2.29. The Morgan fingerprint density at radius 2 is 2.06 bits per heavy atom. The molecule has 2 rings (SSSR count). The van der Waals surface area contributed by atoms with Crippen LogP contribution in [0.1, 0.15) is 25.3 Å². The minimum Gasteiger partial charge on any atom is -0.208 e. The van der Waals surface area contributed by atoms with E-state index in [1.807, 2.05) is 19.1 Å². The second-order valence-corrected chi connectivity index (χ2v) is 6.92. The number of nitrogens with one attached hydrogen (secondary N) is 1. The molecule has 1 aliphatic rings. The second-order valence-electron chi connectivity index (χ2n) is 4.49. The summed E-state index contributed by atoms with van der Waals surface area (Å²) < 4.78 is 27.0. The normalized spacial score (nSPS) is 18.0. The van der Waals surface area contributed by atoms with Crippen molar-refractivity contribution in [2.24, 2.45) is 0 Å². The van der Waals surface area contributed by atoms with Crippen LogP contribution in [0.25, 0.3) is 0 Å². The van der Waals surface area contributed by atoms with Gasteiger partial charge in [0.1, 0.15) is 0 Å². The molecule has 0 bridgehead atoms. The van der Waals surface area contributed by atoms with E-state index in [2.05, 4.69) is 4.72 Å². The van der Waals surface area contributed by atoms with Crippen LogP contribution in [0.15, 0.2) is 29.2 Å². The molecule has 5 heteroatoms. The highest BCUT2D eigenvalue weighted by Crippen LogP contribution is 2.24. The Morgan fingerprint density at radius 1 is 1.41 bits per heavy atom. The first kappa shape index (κ1) is 12.9. The Bertz CT molecular complexity index is 495. The fourth-order valence-corrected chi connectivity index (χ4v) is 3.44. The lowest BCUT2D eigenvalue weighted by Crippen LogP contribution is -2.26. The van der Waals surface area contributed by atoms with Gasteiger partial charge in [0, 0.05) is 11.4 Å². The summed E-state index contributed by atoms with van der Waals surface area (Å²) in [6, 6.07) is 7.16. The van der Waals surface area contributed by atoms with E-state index in [-0.39, 0.29) is 11.4 Å². The molecule has 1 atom stereocenters. The maximum atomic E-state index is 12.1. The molecule has 1 fully saturated rings. The summed E-state index contributed by atoms with van der Waals surface area (Å²) in [7, 11) is -3.38. The third-order valence-electron chi connectivity index (χ3n) is 2.66. The molecule has 1 aromatic rings.